The number of aliphatic hydroxyl groups excluding tert-OH is 1. The summed E-state index contributed by atoms with van der Waals surface area (Å²) >= 11 is 0. The first-order valence-corrected chi connectivity index (χ1v) is 5.98. The number of hydrogen-bond donors (Lipinski definition) is 2. The number of benzene rings is 1. The van der Waals surface area contributed by atoms with Crippen molar-refractivity contribution in [3.05, 3.63) is 29.6 Å². The number of carbonyl (C=O) groups is 1. The molecule has 98 valence electrons. The zero-order valence-electron chi connectivity index (χ0n) is 9.97. The third-order valence-corrected chi connectivity index (χ3v) is 3.18. The Labute approximate surface area is 105 Å². The van der Waals surface area contributed by atoms with Crippen molar-refractivity contribution in [3.8, 4) is 5.75 Å². The number of phenolic OH excluding ortho intramolecular Hbond substituents is 1. The minimum absolute atomic E-state index is 0.0149. The number of likely N-dealkylation sites (tertiary alicyclic amines) is 1. The van der Waals surface area contributed by atoms with Crippen LogP contribution in [0.5, 0.6) is 5.75 Å². The lowest BCUT2D eigenvalue weighted by Crippen LogP contribution is -2.39. The number of ketones is 1. The van der Waals surface area contributed by atoms with Gasteiger partial charge in [-0.25, -0.2) is 4.39 Å². The van der Waals surface area contributed by atoms with E-state index in [0.29, 0.717) is 25.9 Å². The van der Waals surface area contributed by atoms with E-state index in [4.69, 9.17) is 0 Å². The summed E-state index contributed by atoms with van der Waals surface area (Å²) in [6, 6.07) is 3.35. The quantitative estimate of drug-likeness (QED) is 0.794. The standard InChI is InChI=1S/C13H16FNO3/c14-9-1-2-12(17)11(7-9)13(18)8-15-5-3-10(16)4-6-15/h1-2,7,10,16-17H,3-6,8H2. The first-order chi connectivity index (χ1) is 8.56. The highest BCUT2D eigenvalue weighted by Crippen LogP contribution is 2.19. The molecule has 1 aliphatic rings. The van der Waals surface area contributed by atoms with Gasteiger partial charge in [0.15, 0.2) is 5.78 Å². The molecule has 1 aromatic carbocycles. The molecule has 18 heavy (non-hydrogen) atoms. The predicted molar refractivity (Wildman–Crippen MR) is 64.1 cm³/mol. The maximum absolute atomic E-state index is 13.0. The Kier molecular flexibility index (Phi) is 3.93. The van der Waals surface area contributed by atoms with E-state index in [1.165, 1.54) is 6.07 Å². The summed E-state index contributed by atoms with van der Waals surface area (Å²) in [6.07, 6.45) is 0.990. The molecule has 0 radical (unpaired) electrons. The smallest absolute Gasteiger partial charge is 0.180 e. The molecule has 0 atom stereocenters. The molecule has 0 aliphatic carbocycles. The Hall–Kier alpha value is -1.46. The SMILES string of the molecule is O=C(CN1CCC(O)CC1)c1cc(F)ccc1O. The lowest BCUT2D eigenvalue weighted by molar-refractivity contribution is 0.0709. The molecule has 1 saturated heterocycles. The largest absolute Gasteiger partial charge is 0.507 e. The summed E-state index contributed by atoms with van der Waals surface area (Å²) in [5.41, 5.74) is 0.0149. The zero-order valence-corrected chi connectivity index (χ0v) is 9.97. The molecule has 2 rings (SSSR count). The van der Waals surface area contributed by atoms with Gasteiger partial charge in [-0.1, -0.05) is 0 Å². The van der Waals surface area contributed by atoms with Gasteiger partial charge < -0.3 is 10.2 Å². The number of aromatic hydroxyl groups is 1. The van der Waals surface area contributed by atoms with Crippen molar-refractivity contribution in [1.29, 1.82) is 0 Å². The Morgan fingerprint density at radius 2 is 2.06 bits per heavy atom. The van der Waals surface area contributed by atoms with Crippen LogP contribution < -0.4 is 0 Å². The third-order valence-electron chi connectivity index (χ3n) is 3.18. The van der Waals surface area contributed by atoms with Crippen molar-refractivity contribution >= 4 is 5.78 Å². The average Bonchev–Trinajstić information content (AvgIpc) is 2.35. The third kappa shape index (κ3) is 3.05. The lowest BCUT2D eigenvalue weighted by atomic mass is 10.1. The average molecular weight is 253 g/mol. The number of rotatable bonds is 3. The van der Waals surface area contributed by atoms with E-state index in [1.54, 1.807) is 0 Å². The second-order valence-electron chi connectivity index (χ2n) is 4.59. The fraction of sp³-hybridized carbons (Fsp3) is 0.462. The summed E-state index contributed by atoms with van der Waals surface area (Å²) in [5.74, 6) is -1.04. The Morgan fingerprint density at radius 3 is 2.72 bits per heavy atom. The molecule has 0 spiro atoms. The highest BCUT2D eigenvalue weighted by atomic mass is 19.1. The van der Waals surface area contributed by atoms with Gasteiger partial charge in [-0.05, 0) is 31.0 Å². The second-order valence-corrected chi connectivity index (χ2v) is 4.59. The topological polar surface area (TPSA) is 60.8 Å². The van der Waals surface area contributed by atoms with Gasteiger partial charge in [0.1, 0.15) is 11.6 Å². The minimum Gasteiger partial charge on any atom is -0.507 e. The molecular formula is C13H16FNO3. The molecular weight excluding hydrogens is 237 g/mol. The molecule has 0 bridgehead atoms. The molecule has 1 aromatic rings. The molecule has 1 aliphatic heterocycles. The van der Waals surface area contributed by atoms with Crippen LogP contribution in [0, 0.1) is 5.82 Å². The van der Waals surface area contributed by atoms with Gasteiger partial charge in [-0.15, -0.1) is 0 Å². The van der Waals surface area contributed by atoms with Gasteiger partial charge in [0.05, 0.1) is 18.2 Å². The summed E-state index contributed by atoms with van der Waals surface area (Å²) in [7, 11) is 0. The Balaban J connectivity index is 2.01. The van der Waals surface area contributed by atoms with Crippen molar-refractivity contribution in [1.82, 2.24) is 4.90 Å². The summed E-state index contributed by atoms with van der Waals surface area (Å²) < 4.78 is 13.0. The molecule has 0 unspecified atom stereocenters. The van der Waals surface area contributed by atoms with E-state index < -0.39 is 5.82 Å². The van der Waals surface area contributed by atoms with Crippen molar-refractivity contribution in [2.45, 2.75) is 18.9 Å². The van der Waals surface area contributed by atoms with Crippen LogP contribution in [-0.4, -0.2) is 46.6 Å². The van der Waals surface area contributed by atoms with Crippen LogP contribution in [0.2, 0.25) is 0 Å². The summed E-state index contributed by atoms with van der Waals surface area (Å²) in [4.78, 5) is 13.8. The fourth-order valence-corrected chi connectivity index (χ4v) is 2.10. The molecule has 4 nitrogen and oxygen atoms in total. The number of hydrogen-bond acceptors (Lipinski definition) is 4. The number of carbonyl (C=O) groups excluding carboxylic acids is 1. The number of Topliss-reactive ketones (excluding diaryl/α,β-unsaturated/α-hetero) is 1. The highest BCUT2D eigenvalue weighted by Gasteiger charge is 2.21. The van der Waals surface area contributed by atoms with Crippen molar-refractivity contribution < 1.29 is 19.4 Å². The molecule has 5 heteroatoms. The van der Waals surface area contributed by atoms with Gasteiger partial charge >= 0.3 is 0 Å². The van der Waals surface area contributed by atoms with Crippen LogP contribution in [0.3, 0.4) is 0 Å². The zero-order chi connectivity index (χ0) is 13.1. The monoisotopic (exact) mass is 253 g/mol. The fourth-order valence-electron chi connectivity index (χ4n) is 2.10. The first kappa shape index (κ1) is 13.0. The Bertz CT molecular complexity index is 442. The van der Waals surface area contributed by atoms with Crippen LogP contribution >= 0.6 is 0 Å². The van der Waals surface area contributed by atoms with Crippen molar-refractivity contribution in [2.75, 3.05) is 19.6 Å². The molecule has 0 saturated carbocycles. The molecule has 1 heterocycles. The van der Waals surface area contributed by atoms with Gasteiger partial charge in [0.25, 0.3) is 0 Å². The van der Waals surface area contributed by atoms with Gasteiger partial charge in [0.2, 0.25) is 0 Å². The number of piperidine rings is 1. The number of halogens is 1. The lowest BCUT2D eigenvalue weighted by Gasteiger charge is -2.28. The second kappa shape index (κ2) is 5.46. The summed E-state index contributed by atoms with van der Waals surface area (Å²) in [6.45, 7) is 1.43. The number of aliphatic hydroxyl groups is 1. The first-order valence-electron chi connectivity index (χ1n) is 5.98. The van der Waals surface area contributed by atoms with Gasteiger partial charge in [0, 0.05) is 13.1 Å². The van der Waals surface area contributed by atoms with Crippen LogP contribution in [0.25, 0.3) is 0 Å². The molecule has 1 fully saturated rings. The molecule has 0 aromatic heterocycles. The maximum Gasteiger partial charge on any atom is 0.180 e. The van der Waals surface area contributed by atoms with Crippen LogP contribution in [0.4, 0.5) is 4.39 Å². The number of nitrogens with zero attached hydrogens (tertiary/aromatic N) is 1. The van der Waals surface area contributed by atoms with E-state index in [1.807, 2.05) is 4.90 Å². The maximum atomic E-state index is 13.0. The van der Waals surface area contributed by atoms with Crippen LogP contribution in [-0.2, 0) is 0 Å². The van der Waals surface area contributed by atoms with Gasteiger partial charge in [-0.2, -0.15) is 0 Å². The Morgan fingerprint density at radius 1 is 1.39 bits per heavy atom. The van der Waals surface area contributed by atoms with Crippen molar-refractivity contribution in [2.24, 2.45) is 0 Å². The highest BCUT2D eigenvalue weighted by molar-refractivity contribution is 6.00. The van der Waals surface area contributed by atoms with Gasteiger partial charge in [-0.3, -0.25) is 9.69 Å². The van der Waals surface area contributed by atoms with Crippen LogP contribution in [0.15, 0.2) is 18.2 Å². The minimum atomic E-state index is -0.537. The van der Waals surface area contributed by atoms with E-state index in [0.717, 1.165) is 12.1 Å². The van der Waals surface area contributed by atoms with E-state index in [2.05, 4.69) is 0 Å². The van der Waals surface area contributed by atoms with E-state index >= 15 is 0 Å². The predicted octanol–water partition coefficient (Wildman–Crippen LogP) is 1.17. The van der Waals surface area contributed by atoms with Crippen LogP contribution in [0.1, 0.15) is 23.2 Å². The normalized spacial score (nSPS) is 17.9. The molecule has 2 N–H and O–H groups in total. The summed E-state index contributed by atoms with van der Waals surface area (Å²) in [5, 5.41) is 18.9. The molecule has 0 amide bonds. The number of phenols is 1. The van der Waals surface area contributed by atoms with Crippen molar-refractivity contribution in [3.63, 3.8) is 0 Å². The van der Waals surface area contributed by atoms with E-state index in [-0.39, 0.29) is 29.7 Å². The van der Waals surface area contributed by atoms with E-state index in [9.17, 15) is 19.4 Å².